The number of esters is 1. The SMILES string of the molecule is CC(=O)OC1=C(c2ccc(O/C=C\C[P+](c3ccccc3)(c3ccccc3)c3ccccc3)cc2)C(=O)c2ccccc2C1=O. The minimum absolute atomic E-state index is 0.0548. The van der Waals surface area contributed by atoms with E-state index >= 15 is 0 Å². The van der Waals surface area contributed by atoms with Gasteiger partial charge in [-0.25, -0.2) is 0 Å². The quantitative estimate of drug-likeness (QED) is 0.103. The van der Waals surface area contributed by atoms with Crippen molar-refractivity contribution in [2.75, 3.05) is 6.16 Å². The van der Waals surface area contributed by atoms with E-state index in [1.807, 2.05) is 18.2 Å². The Morgan fingerprint density at radius 1 is 0.622 bits per heavy atom. The summed E-state index contributed by atoms with van der Waals surface area (Å²) in [6, 6.07) is 45.2. The van der Waals surface area contributed by atoms with Crippen LogP contribution in [-0.2, 0) is 9.53 Å². The lowest BCUT2D eigenvalue weighted by atomic mass is 9.85. The lowest BCUT2D eigenvalue weighted by molar-refractivity contribution is -0.136. The number of ether oxygens (including phenoxy) is 2. The van der Waals surface area contributed by atoms with Crippen LogP contribution in [0, 0.1) is 0 Å². The van der Waals surface area contributed by atoms with Crippen LogP contribution in [-0.4, -0.2) is 23.7 Å². The Kier molecular flexibility index (Phi) is 8.63. The van der Waals surface area contributed by atoms with E-state index in [0.717, 1.165) is 6.16 Å². The number of rotatable bonds is 9. The molecule has 1 aliphatic rings. The molecule has 0 fully saturated rings. The van der Waals surface area contributed by atoms with Gasteiger partial charge in [-0.3, -0.25) is 14.4 Å². The number of carbonyl (C=O) groups excluding carboxylic acids is 3. The van der Waals surface area contributed by atoms with Gasteiger partial charge in [0.15, 0.2) is 11.5 Å². The van der Waals surface area contributed by atoms with Crippen LogP contribution in [0.4, 0.5) is 0 Å². The maximum Gasteiger partial charge on any atom is 0.308 e. The van der Waals surface area contributed by atoms with Crippen molar-refractivity contribution in [3.05, 3.63) is 174 Å². The maximum absolute atomic E-state index is 13.5. The number of fused-ring (bicyclic) bond motifs is 1. The van der Waals surface area contributed by atoms with Crippen molar-refractivity contribution in [1.82, 2.24) is 0 Å². The molecule has 220 valence electrons. The van der Waals surface area contributed by atoms with Gasteiger partial charge in [-0.05, 0) is 60.2 Å². The first-order valence-electron chi connectivity index (χ1n) is 14.6. The first-order chi connectivity index (χ1) is 22.0. The lowest BCUT2D eigenvalue weighted by Crippen LogP contribution is -2.32. The topological polar surface area (TPSA) is 69.7 Å². The first-order valence-corrected chi connectivity index (χ1v) is 16.5. The van der Waals surface area contributed by atoms with Crippen molar-refractivity contribution in [3.63, 3.8) is 0 Å². The fraction of sp³-hybridized carbons (Fsp3) is 0.0513. The normalized spacial score (nSPS) is 13.1. The summed E-state index contributed by atoms with van der Waals surface area (Å²) in [5.41, 5.74) is 1.00. The second-order valence-electron chi connectivity index (χ2n) is 10.5. The highest BCUT2D eigenvalue weighted by atomic mass is 31.2. The number of allylic oxidation sites excluding steroid dienone is 3. The highest BCUT2D eigenvalue weighted by Crippen LogP contribution is 2.55. The van der Waals surface area contributed by atoms with Crippen molar-refractivity contribution in [2.24, 2.45) is 0 Å². The Hall–Kier alpha value is -5.38. The third-order valence-corrected chi connectivity index (χ3v) is 12.0. The van der Waals surface area contributed by atoms with Gasteiger partial charge in [0.1, 0.15) is 28.9 Å². The van der Waals surface area contributed by atoms with Gasteiger partial charge in [0.05, 0.1) is 18.0 Å². The lowest BCUT2D eigenvalue weighted by Gasteiger charge is -2.26. The molecule has 0 saturated carbocycles. The highest BCUT2D eigenvalue weighted by Gasteiger charge is 2.44. The molecule has 5 aromatic carbocycles. The van der Waals surface area contributed by atoms with Gasteiger partial charge in [-0.2, -0.15) is 0 Å². The number of carbonyl (C=O) groups is 3. The third kappa shape index (κ3) is 5.91. The molecular formula is C39H30O5P+. The second-order valence-corrected chi connectivity index (χ2v) is 14.0. The molecule has 0 bridgehead atoms. The number of hydrogen-bond donors (Lipinski definition) is 0. The van der Waals surface area contributed by atoms with Crippen LogP contribution in [0.3, 0.4) is 0 Å². The summed E-state index contributed by atoms with van der Waals surface area (Å²) in [5.74, 6) is -1.25. The molecule has 5 aromatic rings. The molecular weight excluding hydrogens is 579 g/mol. The predicted octanol–water partition coefficient (Wildman–Crippen LogP) is 6.93. The van der Waals surface area contributed by atoms with Gasteiger partial charge in [0.2, 0.25) is 5.78 Å². The number of Topliss-reactive ketones (excluding diaryl/α,β-unsaturated/α-hetero) is 2. The van der Waals surface area contributed by atoms with E-state index in [4.69, 9.17) is 9.47 Å². The zero-order chi connectivity index (χ0) is 31.2. The molecule has 45 heavy (non-hydrogen) atoms. The maximum atomic E-state index is 13.5. The van der Waals surface area contributed by atoms with Crippen LogP contribution in [0.2, 0.25) is 0 Å². The summed E-state index contributed by atoms with van der Waals surface area (Å²) in [5, 5.41) is 3.84. The fourth-order valence-electron chi connectivity index (χ4n) is 5.69. The molecule has 1 aliphatic carbocycles. The minimum Gasteiger partial charge on any atom is -0.465 e. The Balaban J connectivity index is 1.29. The molecule has 0 unspecified atom stereocenters. The molecule has 0 aromatic heterocycles. The Morgan fingerprint density at radius 3 is 1.58 bits per heavy atom. The van der Waals surface area contributed by atoms with Gasteiger partial charge in [-0.15, -0.1) is 0 Å². The Bertz CT molecular complexity index is 1810. The van der Waals surface area contributed by atoms with Crippen LogP contribution < -0.4 is 20.7 Å². The fourth-order valence-corrected chi connectivity index (χ4v) is 9.67. The van der Waals surface area contributed by atoms with Crippen LogP contribution in [0.1, 0.15) is 33.2 Å². The number of hydrogen-bond acceptors (Lipinski definition) is 5. The van der Waals surface area contributed by atoms with E-state index < -0.39 is 19.0 Å². The standard InChI is InChI=1S/C39H30O5P/c1-28(40)44-39-36(37(41)34-20-11-12-21-35(34)38(39)42)29-22-24-30(25-23-29)43-26-13-27-45(31-14-5-2-6-15-31,32-16-7-3-8-17-32)33-18-9-4-10-19-33/h2-26H,27H2,1H3/q+1/b26-13-. The molecule has 0 atom stereocenters. The van der Waals surface area contributed by atoms with Gasteiger partial charge in [-0.1, -0.05) is 91.0 Å². The second kappa shape index (κ2) is 13.1. The first kappa shape index (κ1) is 29.7. The summed E-state index contributed by atoms with van der Waals surface area (Å²) in [6.07, 6.45) is 4.52. The van der Waals surface area contributed by atoms with E-state index in [2.05, 4.69) is 78.9 Å². The Morgan fingerprint density at radius 2 is 1.09 bits per heavy atom. The molecule has 0 heterocycles. The van der Waals surface area contributed by atoms with Crippen LogP contribution >= 0.6 is 7.26 Å². The zero-order valence-corrected chi connectivity index (χ0v) is 25.5. The largest absolute Gasteiger partial charge is 0.465 e. The summed E-state index contributed by atoms with van der Waals surface area (Å²) in [7, 11) is -2.04. The molecule has 0 aliphatic heterocycles. The molecule has 0 saturated heterocycles. The van der Waals surface area contributed by atoms with E-state index in [9.17, 15) is 14.4 Å². The van der Waals surface area contributed by atoms with Crippen molar-refractivity contribution in [2.45, 2.75) is 6.92 Å². The van der Waals surface area contributed by atoms with Crippen molar-refractivity contribution < 1.29 is 23.9 Å². The molecule has 0 amide bonds. The molecule has 6 rings (SSSR count). The Labute approximate surface area is 262 Å². The molecule has 0 spiro atoms. The monoisotopic (exact) mass is 609 g/mol. The highest BCUT2D eigenvalue weighted by molar-refractivity contribution is 7.95. The summed E-state index contributed by atoms with van der Waals surface area (Å²) in [4.78, 5) is 38.5. The number of benzene rings is 5. The average molecular weight is 610 g/mol. The zero-order valence-electron chi connectivity index (χ0n) is 24.6. The smallest absolute Gasteiger partial charge is 0.308 e. The summed E-state index contributed by atoms with van der Waals surface area (Å²) < 4.78 is 11.3. The third-order valence-electron chi connectivity index (χ3n) is 7.74. The van der Waals surface area contributed by atoms with Gasteiger partial charge < -0.3 is 9.47 Å². The van der Waals surface area contributed by atoms with Crippen LogP contribution in [0.15, 0.2) is 158 Å². The van der Waals surface area contributed by atoms with Crippen molar-refractivity contribution in [1.29, 1.82) is 0 Å². The summed E-state index contributed by atoms with van der Waals surface area (Å²) >= 11 is 0. The summed E-state index contributed by atoms with van der Waals surface area (Å²) in [6.45, 7) is 1.20. The average Bonchev–Trinajstić information content (AvgIpc) is 3.09. The van der Waals surface area contributed by atoms with Gasteiger partial charge in [0, 0.05) is 18.1 Å². The van der Waals surface area contributed by atoms with E-state index in [1.165, 1.54) is 22.8 Å². The molecule has 0 N–H and O–H groups in total. The van der Waals surface area contributed by atoms with Crippen LogP contribution in [0.5, 0.6) is 5.75 Å². The van der Waals surface area contributed by atoms with E-state index in [0.29, 0.717) is 11.3 Å². The van der Waals surface area contributed by atoms with Crippen molar-refractivity contribution >= 4 is 46.3 Å². The van der Waals surface area contributed by atoms with E-state index in [-0.39, 0.29) is 28.2 Å². The minimum atomic E-state index is -2.04. The van der Waals surface area contributed by atoms with Crippen molar-refractivity contribution in [3.8, 4) is 5.75 Å². The molecule has 0 radical (unpaired) electrons. The van der Waals surface area contributed by atoms with Gasteiger partial charge in [0.25, 0.3) is 0 Å². The number of ketones is 2. The molecule has 6 heteroatoms. The van der Waals surface area contributed by atoms with Gasteiger partial charge >= 0.3 is 5.97 Å². The molecule has 5 nitrogen and oxygen atoms in total. The predicted molar refractivity (Wildman–Crippen MR) is 180 cm³/mol. The van der Waals surface area contributed by atoms with Crippen LogP contribution in [0.25, 0.3) is 5.57 Å². The van der Waals surface area contributed by atoms with E-state index in [1.54, 1.807) is 54.8 Å².